The fourth-order valence-electron chi connectivity index (χ4n) is 1.31. The van der Waals surface area contributed by atoms with Gasteiger partial charge >= 0.3 is 0 Å². The summed E-state index contributed by atoms with van der Waals surface area (Å²) >= 11 is 3.19. The van der Waals surface area contributed by atoms with E-state index in [9.17, 15) is 8.42 Å². The molecule has 0 aliphatic heterocycles. The van der Waals surface area contributed by atoms with Crippen LogP contribution in [0.2, 0.25) is 0 Å². The van der Waals surface area contributed by atoms with E-state index in [-0.39, 0.29) is 9.79 Å². The zero-order valence-corrected chi connectivity index (χ0v) is 10.6. The molecule has 0 saturated heterocycles. The normalized spacial score (nSPS) is 11.3. The molecule has 0 bridgehead atoms. The number of pyridine rings is 1. The molecule has 0 radical (unpaired) electrons. The summed E-state index contributed by atoms with van der Waals surface area (Å²) in [5, 5.41) is 0. The van der Waals surface area contributed by atoms with Crippen molar-refractivity contribution in [2.45, 2.75) is 9.79 Å². The van der Waals surface area contributed by atoms with Gasteiger partial charge in [-0.1, -0.05) is 18.2 Å². The molecule has 0 fully saturated rings. The van der Waals surface area contributed by atoms with Gasteiger partial charge in [0.1, 0.15) is 0 Å². The van der Waals surface area contributed by atoms with Gasteiger partial charge in [-0.2, -0.15) is 0 Å². The van der Waals surface area contributed by atoms with Crippen LogP contribution >= 0.6 is 15.9 Å². The Bertz CT molecular complexity index is 596. The van der Waals surface area contributed by atoms with Crippen LogP contribution in [-0.2, 0) is 9.84 Å². The molecule has 0 spiro atoms. The zero-order valence-electron chi connectivity index (χ0n) is 8.17. The van der Waals surface area contributed by atoms with Crippen LogP contribution in [0, 0.1) is 0 Å². The summed E-state index contributed by atoms with van der Waals surface area (Å²) in [7, 11) is -3.46. The van der Waals surface area contributed by atoms with Gasteiger partial charge in [0, 0.05) is 12.4 Å². The standard InChI is InChI=1S/C11H8BrNO2S/c12-10-8-13-7-6-11(10)16(14,15)9-4-2-1-3-5-9/h1-8H. The number of halogens is 1. The fourth-order valence-corrected chi connectivity index (χ4v) is 3.52. The summed E-state index contributed by atoms with van der Waals surface area (Å²) in [5.74, 6) is 0. The molecule has 1 heterocycles. The molecule has 0 amide bonds. The average Bonchev–Trinajstić information content (AvgIpc) is 2.30. The summed E-state index contributed by atoms with van der Waals surface area (Å²) in [6.45, 7) is 0. The van der Waals surface area contributed by atoms with Gasteiger partial charge in [0.25, 0.3) is 0 Å². The molecular formula is C11H8BrNO2S. The minimum absolute atomic E-state index is 0.230. The second-order valence-electron chi connectivity index (χ2n) is 3.12. The maximum Gasteiger partial charge on any atom is 0.207 e. The second-order valence-corrected chi connectivity index (χ2v) is 5.90. The minimum atomic E-state index is -3.46. The van der Waals surface area contributed by atoms with Crippen molar-refractivity contribution in [1.29, 1.82) is 0 Å². The highest BCUT2D eigenvalue weighted by atomic mass is 79.9. The minimum Gasteiger partial charge on any atom is -0.263 e. The van der Waals surface area contributed by atoms with E-state index in [1.165, 1.54) is 18.5 Å². The Morgan fingerprint density at radius 1 is 1.06 bits per heavy atom. The maximum absolute atomic E-state index is 12.2. The Morgan fingerprint density at radius 2 is 1.75 bits per heavy atom. The topological polar surface area (TPSA) is 47.0 Å². The van der Waals surface area contributed by atoms with E-state index < -0.39 is 9.84 Å². The third-order valence-electron chi connectivity index (χ3n) is 2.08. The molecule has 2 aromatic rings. The third kappa shape index (κ3) is 2.01. The van der Waals surface area contributed by atoms with Crippen LogP contribution in [-0.4, -0.2) is 13.4 Å². The molecule has 1 aromatic heterocycles. The van der Waals surface area contributed by atoms with Crippen LogP contribution in [0.3, 0.4) is 0 Å². The number of hydrogen-bond donors (Lipinski definition) is 0. The first kappa shape index (κ1) is 11.3. The lowest BCUT2D eigenvalue weighted by Crippen LogP contribution is -2.02. The van der Waals surface area contributed by atoms with Crippen molar-refractivity contribution < 1.29 is 8.42 Å². The lowest BCUT2D eigenvalue weighted by atomic mass is 10.4. The Balaban J connectivity index is 2.62. The van der Waals surface area contributed by atoms with Crippen molar-refractivity contribution in [3.8, 4) is 0 Å². The van der Waals surface area contributed by atoms with Gasteiger partial charge in [-0.15, -0.1) is 0 Å². The van der Waals surface area contributed by atoms with Crippen molar-refractivity contribution >= 4 is 25.8 Å². The number of sulfone groups is 1. The van der Waals surface area contributed by atoms with Crippen LogP contribution in [0.4, 0.5) is 0 Å². The fraction of sp³-hybridized carbons (Fsp3) is 0. The monoisotopic (exact) mass is 297 g/mol. The third-order valence-corrected chi connectivity index (χ3v) is 4.80. The summed E-state index contributed by atoms with van der Waals surface area (Å²) in [5.41, 5.74) is 0. The van der Waals surface area contributed by atoms with Gasteiger partial charge in [0.2, 0.25) is 9.84 Å². The molecular weight excluding hydrogens is 290 g/mol. The lowest BCUT2D eigenvalue weighted by molar-refractivity contribution is 0.595. The Kier molecular flexibility index (Phi) is 3.07. The quantitative estimate of drug-likeness (QED) is 0.856. The number of hydrogen-bond acceptors (Lipinski definition) is 3. The van der Waals surface area contributed by atoms with Gasteiger partial charge < -0.3 is 0 Å². The van der Waals surface area contributed by atoms with Gasteiger partial charge in [-0.3, -0.25) is 4.98 Å². The lowest BCUT2D eigenvalue weighted by Gasteiger charge is -2.05. The van der Waals surface area contributed by atoms with E-state index in [0.717, 1.165) is 0 Å². The van der Waals surface area contributed by atoms with Crippen LogP contribution in [0.5, 0.6) is 0 Å². The van der Waals surface area contributed by atoms with Crippen molar-refractivity contribution in [3.05, 3.63) is 53.3 Å². The van der Waals surface area contributed by atoms with Crippen LogP contribution in [0.25, 0.3) is 0 Å². The highest BCUT2D eigenvalue weighted by Crippen LogP contribution is 2.26. The average molecular weight is 298 g/mol. The van der Waals surface area contributed by atoms with E-state index in [2.05, 4.69) is 20.9 Å². The Labute approximate surface area is 102 Å². The molecule has 82 valence electrons. The van der Waals surface area contributed by atoms with E-state index in [4.69, 9.17) is 0 Å². The molecule has 0 saturated carbocycles. The smallest absolute Gasteiger partial charge is 0.207 e. The first-order valence-corrected chi connectivity index (χ1v) is 6.79. The Morgan fingerprint density at radius 3 is 2.38 bits per heavy atom. The predicted octanol–water partition coefficient (Wildman–Crippen LogP) is 2.68. The maximum atomic E-state index is 12.2. The summed E-state index contributed by atoms with van der Waals surface area (Å²) < 4.78 is 24.9. The molecule has 0 aliphatic rings. The van der Waals surface area contributed by atoms with Gasteiger partial charge in [0.15, 0.2) is 0 Å². The molecule has 2 rings (SSSR count). The van der Waals surface area contributed by atoms with E-state index in [1.54, 1.807) is 30.3 Å². The van der Waals surface area contributed by atoms with Crippen LogP contribution in [0.15, 0.2) is 63.1 Å². The summed E-state index contributed by atoms with van der Waals surface area (Å²) in [4.78, 5) is 4.35. The molecule has 16 heavy (non-hydrogen) atoms. The zero-order chi connectivity index (χ0) is 11.6. The largest absolute Gasteiger partial charge is 0.263 e. The summed E-state index contributed by atoms with van der Waals surface area (Å²) in [6, 6.07) is 9.79. The summed E-state index contributed by atoms with van der Waals surface area (Å²) in [6.07, 6.45) is 2.93. The molecule has 3 nitrogen and oxygen atoms in total. The number of rotatable bonds is 2. The van der Waals surface area contributed by atoms with Crippen LogP contribution in [0.1, 0.15) is 0 Å². The first-order chi connectivity index (χ1) is 7.62. The second kappa shape index (κ2) is 4.35. The molecule has 0 aliphatic carbocycles. The molecule has 1 aromatic carbocycles. The van der Waals surface area contributed by atoms with Crippen molar-refractivity contribution in [1.82, 2.24) is 4.98 Å². The molecule has 0 atom stereocenters. The van der Waals surface area contributed by atoms with Gasteiger partial charge in [-0.25, -0.2) is 8.42 Å². The molecule has 5 heteroatoms. The highest BCUT2D eigenvalue weighted by molar-refractivity contribution is 9.10. The van der Waals surface area contributed by atoms with Crippen molar-refractivity contribution in [2.75, 3.05) is 0 Å². The van der Waals surface area contributed by atoms with E-state index in [0.29, 0.717) is 4.47 Å². The number of aromatic nitrogens is 1. The first-order valence-electron chi connectivity index (χ1n) is 4.52. The molecule has 0 unspecified atom stereocenters. The SMILES string of the molecule is O=S(=O)(c1ccccc1)c1ccncc1Br. The Hall–Kier alpha value is -1.20. The van der Waals surface area contributed by atoms with Crippen LogP contribution < -0.4 is 0 Å². The number of benzene rings is 1. The van der Waals surface area contributed by atoms with E-state index >= 15 is 0 Å². The van der Waals surface area contributed by atoms with Gasteiger partial charge in [0.05, 0.1) is 14.3 Å². The van der Waals surface area contributed by atoms with E-state index in [1.807, 2.05) is 0 Å². The van der Waals surface area contributed by atoms with Crippen molar-refractivity contribution in [2.24, 2.45) is 0 Å². The predicted molar refractivity (Wildman–Crippen MR) is 63.8 cm³/mol. The molecule has 0 N–H and O–H groups in total. The van der Waals surface area contributed by atoms with Gasteiger partial charge in [-0.05, 0) is 34.1 Å². The highest BCUT2D eigenvalue weighted by Gasteiger charge is 2.19. The number of nitrogens with zero attached hydrogens (tertiary/aromatic N) is 1. The van der Waals surface area contributed by atoms with Crippen molar-refractivity contribution in [3.63, 3.8) is 0 Å².